The Hall–Kier alpha value is -2.78. The summed E-state index contributed by atoms with van der Waals surface area (Å²) in [6.07, 6.45) is 4.05. The number of nitriles is 1. The molecule has 2 heterocycles. The average molecular weight is 380 g/mol. The van der Waals surface area contributed by atoms with Crippen LogP contribution in [-0.2, 0) is 0 Å². The highest BCUT2D eigenvalue weighted by Crippen LogP contribution is 2.25. The summed E-state index contributed by atoms with van der Waals surface area (Å²) in [6, 6.07) is 13.3. The van der Waals surface area contributed by atoms with Crippen molar-refractivity contribution in [3.63, 3.8) is 0 Å². The Bertz CT molecular complexity index is 789. The Morgan fingerprint density at radius 1 is 1.29 bits per heavy atom. The molecule has 1 fully saturated rings. The summed E-state index contributed by atoms with van der Waals surface area (Å²) >= 11 is 0. The van der Waals surface area contributed by atoms with Crippen molar-refractivity contribution in [1.82, 2.24) is 15.1 Å². The smallest absolute Gasteiger partial charge is 0.317 e. The van der Waals surface area contributed by atoms with Gasteiger partial charge >= 0.3 is 6.03 Å². The molecule has 0 saturated carbocycles. The molecule has 148 valence electrons. The molecule has 0 spiro atoms. The van der Waals surface area contributed by atoms with E-state index in [1.54, 1.807) is 18.4 Å². The Morgan fingerprint density at radius 2 is 2.00 bits per heavy atom. The van der Waals surface area contributed by atoms with Crippen molar-refractivity contribution >= 4 is 6.03 Å². The van der Waals surface area contributed by atoms with E-state index in [0.717, 1.165) is 24.4 Å². The minimum Gasteiger partial charge on any atom is -0.468 e. The minimum atomic E-state index is -0.0879. The van der Waals surface area contributed by atoms with Gasteiger partial charge in [0.05, 0.1) is 30.0 Å². The van der Waals surface area contributed by atoms with E-state index in [1.807, 2.05) is 43.0 Å². The third kappa shape index (κ3) is 4.55. The van der Waals surface area contributed by atoms with E-state index >= 15 is 0 Å². The molecule has 1 N–H and O–H groups in total. The summed E-state index contributed by atoms with van der Waals surface area (Å²) in [6.45, 7) is 7.16. The van der Waals surface area contributed by atoms with Crippen LogP contribution in [0.5, 0.6) is 0 Å². The van der Waals surface area contributed by atoms with E-state index in [-0.39, 0.29) is 18.1 Å². The predicted molar refractivity (Wildman–Crippen MR) is 108 cm³/mol. The van der Waals surface area contributed by atoms with Gasteiger partial charge in [-0.05, 0) is 69.6 Å². The van der Waals surface area contributed by atoms with Crippen LogP contribution in [0.2, 0.25) is 0 Å². The maximum absolute atomic E-state index is 12.9. The second-order valence-electron chi connectivity index (χ2n) is 7.16. The van der Waals surface area contributed by atoms with Crippen molar-refractivity contribution in [3.8, 4) is 6.07 Å². The molecule has 0 radical (unpaired) electrons. The number of likely N-dealkylation sites (tertiary alicyclic amines) is 1. The number of nitrogens with zero attached hydrogens (tertiary/aromatic N) is 3. The van der Waals surface area contributed by atoms with Crippen molar-refractivity contribution in [2.75, 3.05) is 26.2 Å². The highest BCUT2D eigenvalue weighted by atomic mass is 16.3. The number of amides is 2. The molecular formula is C22H28N4O2. The standard InChI is InChI=1S/C22H28N4O2/c1-3-26(17(2)19-10-8-18(15-23)9-11-19)22(27)24-16-20(21-7-6-14-28-21)25-12-4-5-13-25/h6-11,14,17,20H,3-5,12-13,16H2,1-2H3,(H,24,27)/t17-,20+/m0/s1. The molecule has 0 bridgehead atoms. The average Bonchev–Trinajstić information content (AvgIpc) is 3.43. The second-order valence-corrected chi connectivity index (χ2v) is 7.16. The van der Waals surface area contributed by atoms with E-state index in [1.165, 1.54) is 12.8 Å². The number of urea groups is 1. The Morgan fingerprint density at radius 3 is 2.57 bits per heavy atom. The van der Waals surface area contributed by atoms with Crippen molar-refractivity contribution < 1.29 is 9.21 Å². The molecule has 2 amide bonds. The van der Waals surface area contributed by atoms with E-state index in [0.29, 0.717) is 18.7 Å². The number of carbonyl (C=O) groups excluding carboxylic acids is 1. The quantitative estimate of drug-likeness (QED) is 0.785. The van der Waals surface area contributed by atoms with Gasteiger partial charge in [-0.25, -0.2) is 4.79 Å². The number of carbonyl (C=O) groups is 1. The van der Waals surface area contributed by atoms with Crippen LogP contribution in [0.1, 0.15) is 55.7 Å². The van der Waals surface area contributed by atoms with Crippen LogP contribution in [0.3, 0.4) is 0 Å². The largest absolute Gasteiger partial charge is 0.468 e. The first-order valence-corrected chi connectivity index (χ1v) is 9.96. The first kappa shape index (κ1) is 20.0. The molecule has 28 heavy (non-hydrogen) atoms. The lowest BCUT2D eigenvalue weighted by atomic mass is 10.1. The zero-order chi connectivity index (χ0) is 19.9. The summed E-state index contributed by atoms with van der Waals surface area (Å²) in [5.41, 5.74) is 1.63. The molecule has 3 rings (SSSR count). The van der Waals surface area contributed by atoms with Gasteiger partial charge in [0, 0.05) is 13.1 Å². The molecular weight excluding hydrogens is 352 g/mol. The maximum atomic E-state index is 12.9. The number of hydrogen-bond acceptors (Lipinski definition) is 4. The SMILES string of the molecule is CCN(C(=O)NC[C@H](c1ccco1)N1CCCC1)[C@@H](C)c1ccc(C#N)cc1. The molecule has 0 aliphatic carbocycles. The zero-order valence-electron chi connectivity index (χ0n) is 16.6. The first-order chi connectivity index (χ1) is 13.6. The monoisotopic (exact) mass is 380 g/mol. The van der Waals surface area contributed by atoms with E-state index < -0.39 is 0 Å². The minimum absolute atomic E-state index is 0.0605. The third-order valence-corrected chi connectivity index (χ3v) is 5.49. The summed E-state index contributed by atoms with van der Waals surface area (Å²) in [5, 5.41) is 12.1. The van der Waals surface area contributed by atoms with Crippen molar-refractivity contribution in [1.29, 1.82) is 5.26 Å². The fourth-order valence-electron chi connectivity index (χ4n) is 3.84. The van der Waals surface area contributed by atoms with Gasteiger partial charge in [0.25, 0.3) is 0 Å². The van der Waals surface area contributed by atoms with Crippen LogP contribution < -0.4 is 5.32 Å². The molecule has 1 saturated heterocycles. The third-order valence-electron chi connectivity index (χ3n) is 5.49. The molecule has 1 aliphatic rings. The van der Waals surface area contributed by atoms with Gasteiger partial charge in [-0.3, -0.25) is 4.90 Å². The van der Waals surface area contributed by atoms with Crippen LogP contribution >= 0.6 is 0 Å². The molecule has 1 aromatic heterocycles. The van der Waals surface area contributed by atoms with Gasteiger partial charge in [-0.15, -0.1) is 0 Å². The first-order valence-electron chi connectivity index (χ1n) is 9.96. The fourth-order valence-corrected chi connectivity index (χ4v) is 3.84. The number of rotatable bonds is 7. The maximum Gasteiger partial charge on any atom is 0.317 e. The Balaban J connectivity index is 1.65. The second kappa shape index (κ2) is 9.43. The highest BCUT2D eigenvalue weighted by molar-refractivity contribution is 5.74. The summed E-state index contributed by atoms with van der Waals surface area (Å²) in [4.78, 5) is 17.1. The van der Waals surface area contributed by atoms with Crippen molar-refractivity contribution in [3.05, 3.63) is 59.5 Å². The van der Waals surface area contributed by atoms with E-state index in [9.17, 15) is 4.79 Å². The lowest BCUT2D eigenvalue weighted by Crippen LogP contribution is -2.44. The summed E-state index contributed by atoms with van der Waals surface area (Å²) in [5.74, 6) is 0.894. The fraction of sp³-hybridized carbons (Fsp3) is 0.455. The summed E-state index contributed by atoms with van der Waals surface area (Å²) < 4.78 is 5.63. The molecule has 2 atom stereocenters. The molecule has 2 aromatic rings. The Labute approximate surface area is 166 Å². The number of hydrogen-bond donors (Lipinski definition) is 1. The Kier molecular flexibility index (Phi) is 6.72. The van der Waals surface area contributed by atoms with E-state index in [2.05, 4.69) is 16.3 Å². The van der Waals surface area contributed by atoms with Crippen LogP contribution in [0.4, 0.5) is 4.79 Å². The molecule has 6 heteroatoms. The lowest BCUT2D eigenvalue weighted by molar-refractivity contribution is 0.170. The van der Waals surface area contributed by atoms with Gasteiger partial charge in [0.15, 0.2) is 0 Å². The number of nitrogens with one attached hydrogen (secondary N) is 1. The topological polar surface area (TPSA) is 72.5 Å². The highest BCUT2D eigenvalue weighted by Gasteiger charge is 2.27. The van der Waals surface area contributed by atoms with Crippen molar-refractivity contribution in [2.45, 2.75) is 38.8 Å². The van der Waals surface area contributed by atoms with E-state index in [4.69, 9.17) is 9.68 Å². The van der Waals surface area contributed by atoms with Gasteiger partial charge in [0.1, 0.15) is 5.76 Å². The lowest BCUT2D eigenvalue weighted by Gasteiger charge is -2.31. The van der Waals surface area contributed by atoms with Gasteiger partial charge < -0.3 is 14.6 Å². The van der Waals surface area contributed by atoms with Crippen LogP contribution in [0.25, 0.3) is 0 Å². The van der Waals surface area contributed by atoms with Crippen LogP contribution in [0.15, 0.2) is 47.1 Å². The van der Waals surface area contributed by atoms with Gasteiger partial charge in [-0.2, -0.15) is 5.26 Å². The zero-order valence-corrected chi connectivity index (χ0v) is 16.6. The van der Waals surface area contributed by atoms with Crippen LogP contribution in [-0.4, -0.2) is 42.0 Å². The van der Waals surface area contributed by atoms with Gasteiger partial charge in [-0.1, -0.05) is 12.1 Å². The normalized spacial score (nSPS) is 16.3. The molecule has 1 aromatic carbocycles. The molecule has 0 unspecified atom stereocenters. The van der Waals surface area contributed by atoms with Crippen LogP contribution in [0, 0.1) is 11.3 Å². The van der Waals surface area contributed by atoms with Gasteiger partial charge in [0.2, 0.25) is 0 Å². The number of benzene rings is 1. The molecule has 6 nitrogen and oxygen atoms in total. The summed E-state index contributed by atoms with van der Waals surface area (Å²) in [7, 11) is 0. The predicted octanol–water partition coefficient (Wildman–Crippen LogP) is 4.08. The number of furan rings is 1. The van der Waals surface area contributed by atoms with Crippen molar-refractivity contribution in [2.24, 2.45) is 0 Å². The molecule has 1 aliphatic heterocycles.